The van der Waals surface area contributed by atoms with Crippen molar-refractivity contribution in [1.82, 2.24) is 4.98 Å². The van der Waals surface area contributed by atoms with Crippen molar-refractivity contribution < 1.29 is 9.84 Å². The fourth-order valence-corrected chi connectivity index (χ4v) is 2.20. The molecule has 5 nitrogen and oxygen atoms in total. The molecular weight excluding hydrogens is 290 g/mol. The van der Waals surface area contributed by atoms with E-state index in [1.54, 1.807) is 31.4 Å². The van der Waals surface area contributed by atoms with E-state index in [1.807, 2.05) is 0 Å². The molecule has 2 rings (SSSR count). The minimum Gasteiger partial charge on any atom is -0.391 e. The van der Waals surface area contributed by atoms with E-state index in [0.29, 0.717) is 41.5 Å². The maximum absolute atomic E-state index is 9.58. The number of hydrogen-bond donors (Lipinski definition) is 2. The standard InChI is InChI=1S/C15H16ClN3O2/c1-21-9-12(20)4-5-18-15-6-10(8-17)13-7-11(16)2-3-14(13)19-15/h2-3,6-7,12,20H,4-5,9H2,1H3,(H,18,19). The first-order valence-electron chi connectivity index (χ1n) is 6.55. The van der Waals surface area contributed by atoms with Crippen molar-refractivity contribution in [3.63, 3.8) is 0 Å². The molecule has 0 spiro atoms. The number of hydrogen-bond acceptors (Lipinski definition) is 5. The SMILES string of the molecule is COCC(O)CCNc1cc(C#N)c2cc(Cl)ccc2n1. The zero-order valence-corrected chi connectivity index (χ0v) is 12.4. The number of anilines is 1. The number of ether oxygens (including phenoxy) is 1. The van der Waals surface area contributed by atoms with Crippen LogP contribution in [0, 0.1) is 11.3 Å². The summed E-state index contributed by atoms with van der Waals surface area (Å²) < 4.78 is 4.86. The highest BCUT2D eigenvalue weighted by Crippen LogP contribution is 2.23. The highest BCUT2D eigenvalue weighted by molar-refractivity contribution is 6.31. The zero-order chi connectivity index (χ0) is 15.2. The Labute approximate surface area is 128 Å². The second-order valence-corrected chi connectivity index (χ2v) is 5.09. The third-order valence-electron chi connectivity index (χ3n) is 3.03. The maximum Gasteiger partial charge on any atom is 0.127 e. The molecule has 1 aromatic carbocycles. The van der Waals surface area contributed by atoms with Crippen molar-refractivity contribution in [2.45, 2.75) is 12.5 Å². The lowest BCUT2D eigenvalue weighted by molar-refractivity contribution is 0.0615. The summed E-state index contributed by atoms with van der Waals surface area (Å²) in [6.45, 7) is 0.844. The Morgan fingerprint density at radius 1 is 1.48 bits per heavy atom. The van der Waals surface area contributed by atoms with E-state index in [1.165, 1.54) is 0 Å². The number of aliphatic hydroxyl groups excluding tert-OH is 1. The molecule has 0 aliphatic carbocycles. The predicted molar refractivity (Wildman–Crippen MR) is 82.5 cm³/mol. The number of rotatable bonds is 6. The van der Waals surface area contributed by atoms with Gasteiger partial charge in [-0.05, 0) is 30.7 Å². The fraction of sp³-hybridized carbons (Fsp3) is 0.333. The molecule has 0 saturated carbocycles. The number of nitrogens with zero attached hydrogens (tertiary/aromatic N) is 2. The van der Waals surface area contributed by atoms with Gasteiger partial charge in [0.05, 0.1) is 29.9 Å². The first kappa shape index (κ1) is 15.5. The molecule has 2 aromatic rings. The van der Waals surface area contributed by atoms with Gasteiger partial charge in [0.15, 0.2) is 0 Å². The van der Waals surface area contributed by atoms with Crippen LogP contribution < -0.4 is 5.32 Å². The van der Waals surface area contributed by atoms with E-state index in [-0.39, 0.29) is 0 Å². The molecule has 1 heterocycles. The van der Waals surface area contributed by atoms with Gasteiger partial charge in [-0.15, -0.1) is 0 Å². The van der Waals surface area contributed by atoms with Gasteiger partial charge in [-0.3, -0.25) is 0 Å². The van der Waals surface area contributed by atoms with E-state index in [9.17, 15) is 10.4 Å². The Morgan fingerprint density at radius 3 is 3.00 bits per heavy atom. The van der Waals surface area contributed by atoms with Gasteiger partial charge in [0.25, 0.3) is 0 Å². The number of pyridine rings is 1. The molecule has 0 radical (unpaired) electrons. The van der Waals surface area contributed by atoms with Gasteiger partial charge < -0.3 is 15.2 Å². The van der Waals surface area contributed by atoms with Crippen molar-refractivity contribution >= 4 is 28.3 Å². The summed E-state index contributed by atoms with van der Waals surface area (Å²) in [7, 11) is 1.55. The number of methoxy groups -OCH3 is 1. The van der Waals surface area contributed by atoms with Crippen LogP contribution in [0.5, 0.6) is 0 Å². The maximum atomic E-state index is 9.58. The first-order valence-corrected chi connectivity index (χ1v) is 6.93. The molecule has 21 heavy (non-hydrogen) atoms. The second kappa shape index (κ2) is 7.23. The van der Waals surface area contributed by atoms with Crippen LogP contribution in [-0.2, 0) is 4.74 Å². The van der Waals surface area contributed by atoms with Gasteiger partial charge in [-0.2, -0.15) is 5.26 Å². The summed E-state index contributed by atoms with van der Waals surface area (Å²) in [5.74, 6) is 0.603. The third kappa shape index (κ3) is 4.05. The van der Waals surface area contributed by atoms with Crippen LogP contribution in [0.1, 0.15) is 12.0 Å². The van der Waals surface area contributed by atoms with Gasteiger partial charge in [0.2, 0.25) is 0 Å². The number of nitrogens with one attached hydrogen (secondary N) is 1. The highest BCUT2D eigenvalue weighted by Gasteiger charge is 2.07. The number of fused-ring (bicyclic) bond motifs is 1. The van der Waals surface area contributed by atoms with Crippen molar-refractivity contribution in [2.24, 2.45) is 0 Å². The molecule has 0 saturated heterocycles. The number of nitriles is 1. The summed E-state index contributed by atoms with van der Waals surface area (Å²) in [5.41, 5.74) is 1.22. The summed E-state index contributed by atoms with van der Waals surface area (Å²) in [4.78, 5) is 4.43. The lowest BCUT2D eigenvalue weighted by Crippen LogP contribution is -2.18. The molecule has 2 N–H and O–H groups in total. The summed E-state index contributed by atoms with van der Waals surface area (Å²) >= 11 is 5.94. The molecule has 6 heteroatoms. The van der Waals surface area contributed by atoms with Crippen LogP contribution in [0.25, 0.3) is 10.9 Å². The van der Waals surface area contributed by atoms with E-state index < -0.39 is 6.10 Å². The molecule has 0 fully saturated rings. The second-order valence-electron chi connectivity index (χ2n) is 4.65. The van der Waals surface area contributed by atoms with Crippen LogP contribution in [-0.4, -0.2) is 36.5 Å². The van der Waals surface area contributed by atoms with Gasteiger partial charge in [0, 0.05) is 24.1 Å². The van der Waals surface area contributed by atoms with Gasteiger partial charge in [-0.25, -0.2) is 4.98 Å². The molecule has 0 bridgehead atoms. The smallest absolute Gasteiger partial charge is 0.127 e. The summed E-state index contributed by atoms with van der Waals surface area (Å²) in [6, 6.07) is 9.08. The zero-order valence-electron chi connectivity index (χ0n) is 11.6. The molecule has 110 valence electrons. The van der Waals surface area contributed by atoms with Crippen molar-refractivity contribution in [2.75, 3.05) is 25.6 Å². The van der Waals surface area contributed by atoms with Gasteiger partial charge in [0.1, 0.15) is 5.82 Å². The number of benzene rings is 1. The average molecular weight is 306 g/mol. The number of halogens is 1. The third-order valence-corrected chi connectivity index (χ3v) is 3.27. The quantitative estimate of drug-likeness (QED) is 0.857. The summed E-state index contributed by atoms with van der Waals surface area (Å²) in [5, 5.41) is 23.2. The first-order chi connectivity index (χ1) is 10.1. The monoisotopic (exact) mass is 305 g/mol. The molecule has 0 aliphatic heterocycles. The van der Waals surface area contributed by atoms with E-state index in [4.69, 9.17) is 16.3 Å². The minimum absolute atomic E-state index is 0.300. The highest BCUT2D eigenvalue weighted by atomic mass is 35.5. The van der Waals surface area contributed by atoms with E-state index in [0.717, 1.165) is 5.39 Å². The molecule has 1 unspecified atom stereocenters. The van der Waals surface area contributed by atoms with Crippen LogP contribution in [0.15, 0.2) is 24.3 Å². The van der Waals surface area contributed by atoms with Crippen molar-refractivity contribution in [3.05, 3.63) is 34.9 Å². The Balaban J connectivity index is 2.14. The molecule has 0 aliphatic rings. The topological polar surface area (TPSA) is 78.2 Å². The average Bonchev–Trinajstić information content (AvgIpc) is 2.47. The number of aromatic nitrogens is 1. The Kier molecular flexibility index (Phi) is 5.34. The molecule has 1 aromatic heterocycles. The van der Waals surface area contributed by atoms with Gasteiger partial charge >= 0.3 is 0 Å². The molecule has 0 amide bonds. The molecular formula is C15H16ClN3O2. The Morgan fingerprint density at radius 2 is 2.29 bits per heavy atom. The Hall–Kier alpha value is -1.87. The van der Waals surface area contributed by atoms with Crippen LogP contribution in [0.2, 0.25) is 5.02 Å². The predicted octanol–water partition coefficient (Wildman–Crippen LogP) is 2.57. The van der Waals surface area contributed by atoms with Crippen molar-refractivity contribution in [3.8, 4) is 6.07 Å². The molecule has 1 atom stereocenters. The fourth-order valence-electron chi connectivity index (χ4n) is 2.02. The largest absolute Gasteiger partial charge is 0.391 e. The van der Waals surface area contributed by atoms with E-state index >= 15 is 0 Å². The summed E-state index contributed by atoms with van der Waals surface area (Å²) in [6.07, 6.45) is 0.0213. The Bertz CT molecular complexity index is 670. The lowest BCUT2D eigenvalue weighted by Gasteiger charge is -2.11. The van der Waals surface area contributed by atoms with Gasteiger partial charge in [-0.1, -0.05) is 11.6 Å². The normalized spacial score (nSPS) is 12.1. The van der Waals surface area contributed by atoms with Crippen LogP contribution in [0.4, 0.5) is 5.82 Å². The van der Waals surface area contributed by atoms with Crippen molar-refractivity contribution in [1.29, 1.82) is 5.26 Å². The van der Waals surface area contributed by atoms with Crippen LogP contribution in [0.3, 0.4) is 0 Å². The minimum atomic E-state index is -0.516. The number of aliphatic hydroxyl groups is 1. The van der Waals surface area contributed by atoms with E-state index in [2.05, 4.69) is 16.4 Å². The lowest BCUT2D eigenvalue weighted by atomic mass is 10.1. The van der Waals surface area contributed by atoms with Crippen LogP contribution >= 0.6 is 11.6 Å².